The molecule has 2 aliphatic heterocycles. The van der Waals surface area contributed by atoms with Crippen LogP contribution in [0.2, 0.25) is 0 Å². The maximum Gasteiger partial charge on any atom is 0.311 e. The van der Waals surface area contributed by atoms with E-state index in [1.807, 2.05) is 25.1 Å². The molecular weight excluding hydrogens is 388 g/mol. The van der Waals surface area contributed by atoms with Gasteiger partial charge in [-0.05, 0) is 36.8 Å². The van der Waals surface area contributed by atoms with Crippen molar-refractivity contribution >= 4 is 29.2 Å². The van der Waals surface area contributed by atoms with E-state index < -0.39 is 24.4 Å². The Balaban J connectivity index is 1.32. The summed E-state index contributed by atoms with van der Waals surface area (Å²) in [7, 11) is 0. The van der Waals surface area contributed by atoms with Crippen molar-refractivity contribution in [3.63, 3.8) is 0 Å². The third-order valence-electron chi connectivity index (χ3n) is 4.94. The van der Waals surface area contributed by atoms with Crippen molar-refractivity contribution in [2.45, 2.75) is 13.3 Å². The van der Waals surface area contributed by atoms with E-state index in [1.54, 1.807) is 24.3 Å². The van der Waals surface area contributed by atoms with Crippen LogP contribution in [0.1, 0.15) is 12.0 Å². The number of anilines is 2. The summed E-state index contributed by atoms with van der Waals surface area (Å²) in [6, 6.07) is 12.6. The van der Waals surface area contributed by atoms with Crippen LogP contribution in [0.15, 0.2) is 42.5 Å². The fraction of sp³-hybridized carbons (Fsp3) is 0.318. The van der Waals surface area contributed by atoms with Gasteiger partial charge in [-0.25, -0.2) is 0 Å². The van der Waals surface area contributed by atoms with Gasteiger partial charge in [0.2, 0.25) is 5.91 Å². The zero-order chi connectivity index (χ0) is 21.1. The van der Waals surface area contributed by atoms with Gasteiger partial charge in [-0.2, -0.15) is 0 Å². The number of carbonyl (C=O) groups excluding carboxylic acids is 3. The van der Waals surface area contributed by atoms with Crippen molar-refractivity contribution in [3.05, 3.63) is 48.0 Å². The Labute approximate surface area is 173 Å². The summed E-state index contributed by atoms with van der Waals surface area (Å²) in [4.78, 5) is 38.4. The number of rotatable bonds is 5. The molecule has 2 heterocycles. The molecule has 0 bridgehead atoms. The van der Waals surface area contributed by atoms with Crippen molar-refractivity contribution in [1.29, 1.82) is 0 Å². The molecule has 0 spiro atoms. The molecule has 2 aromatic carbocycles. The third kappa shape index (κ3) is 4.37. The first-order valence-electron chi connectivity index (χ1n) is 9.73. The van der Waals surface area contributed by atoms with Crippen LogP contribution in [0.25, 0.3) is 0 Å². The van der Waals surface area contributed by atoms with E-state index in [-0.39, 0.29) is 18.9 Å². The Morgan fingerprint density at radius 2 is 1.93 bits per heavy atom. The minimum Gasteiger partial charge on any atom is -0.486 e. The van der Waals surface area contributed by atoms with Gasteiger partial charge in [-0.15, -0.1) is 0 Å². The molecule has 0 aliphatic carbocycles. The Morgan fingerprint density at radius 1 is 1.13 bits per heavy atom. The highest BCUT2D eigenvalue weighted by Gasteiger charge is 2.36. The molecule has 1 fully saturated rings. The van der Waals surface area contributed by atoms with Crippen LogP contribution in [0.5, 0.6) is 11.5 Å². The predicted octanol–water partition coefficient (Wildman–Crippen LogP) is 2.30. The number of nitrogens with zero attached hydrogens (tertiary/aromatic N) is 1. The number of nitrogens with one attached hydrogen (secondary N) is 1. The first kappa shape index (κ1) is 19.8. The zero-order valence-electron chi connectivity index (χ0n) is 16.6. The Kier molecular flexibility index (Phi) is 5.56. The zero-order valence-corrected chi connectivity index (χ0v) is 16.6. The van der Waals surface area contributed by atoms with Crippen LogP contribution < -0.4 is 19.7 Å². The molecule has 1 atom stereocenters. The van der Waals surface area contributed by atoms with Crippen LogP contribution >= 0.6 is 0 Å². The minimum absolute atomic E-state index is 0.0345. The molecular formula is C22H22N2O6. The first-order chi connectivity index (χ1) is 14.5. The summed E-state index contributed by atoms with van der Waals surface area (Å²) < 4.78 is 16.2. The quantitative estimate of drug-likeness (QED) is 0.761. The van der Waals surface area contributed by atoms with Crippen molar-refractivity contribution in [2.24, 2.45) is 5.92 Å². The number of carbonyl (C=O) groups is 3. The third-order valence-corrected chi connectivity index (χ3v) is 4.94. The van der Waals surface area contributed by atoms with Gasteiger partial charge >= 0.3 is 5.97 Å². The number of ether oxygens (including phenoxy) is 3. The van der Waals surface area contributed by atoms with Crippen molar-refractivity contribution in [2.75, 3.05) is 36.6 Å². The highest BCUT2D eigenvalue weighted by Crippen LogP contribution is 2.36. The molecule has 2 aromatic rings. The van der Waals surface area contributed by atoms with Gasteiger partial charge in [-0.1, -0.05) is 12.1 Å². The lowest BCUT2D eigenvalue weighted by atomic mass is 10.1. The number of hydrogen-bond donors (Lipinski definition) is 1. The van der Waals surface area contributed by atoms with E-state index in [0.29, 0.717) is 36.1 Å². The molecule has 0 aromatic heterocycles. The number of amides is 2. The molecule has 4 rings (SSSR count). The second-order valence-corrected chi connectivity index (χ2v) is 7.26. The predicted molar refractivity (Wildman–Crippen MR) is 109 cm³/mol. The Bertz CT molecular complexity index is 989. The number of esters is 1. The second kappa shape index (κ2) is 8.44. The lowest BCUT2D eigenvalue weighted by Gasteiger charge is -2.22. The number of aryl methyl sites for hydroxylation is 1. The maximum atomic E-state index is 12.4. The highest BCUT2D eigenvalue weighted by molar-refractivity contribution is 6.00. The molecule has 2 aliphatic rings. The standard InChI is InChI=1S/C22H22N2O6/c1-14-3-2-4-16(9-14)23-20(25)13-30-22(27)15-10-21(26)24(12-15)17-5-6-18-19(11-17)29-8-7-28-18/h2-6,9,11,15H,7-8,10,12-13H2,1H3,(H,23,25)/t15-/m1/s1. The molecule has 1 saturated heterocycles. The van der Waals surface area contributed by atoms with E-state index in [9.17, 15) is 14.4 Å². The fourth-order valence-corrected chi connectivity index (χ4v) is 3.49. The average molecular weight is 410 g/mol. The van der Waals surface area contributed by atoms with Gasteiger partial charge in [0.1, 0.15) is 13.2 Å². The van der Waals surface area contributed by atoms with Gasteiger partial charge in [0, 0.05) is 30.4 Å². The topological polar surface area (TPSA) is 94.2 Å². The minimum atomic E-state index is -0.627. The number of benzene rings is 2. The van der Waals surface area contributed by atoms with Gasteiger partial charge < -0.3 is 24.4 Å². The summed E-state index contributed by atoms with van der Waals surface area (Å²) in [5, 5.41) is 2.68. The summed E-state index contributed by atoms with van der Waals surface area (Å²) in [5.41, 5.74) is 2.28. The van der Waals surface area contributed by atoms with Crippen LogP contribution in [0.4, 0.5) is 11.4 Å². The van der Waals surface area contributed by atoms with Gasteiger partial charge in [0.15, 0.2) is 18.1 Å². The Morgan fingerprint density at radius 3 is 2.73 bits per heavy atom. The van der Waals surface area contributed by atoms with Crippen LogP contribution in [-0.2, 0) is 19.1 Å². The lowest BCUT2D eigenvalue weighted by Crippen LogP contribution is -2.28. The van der Waals surface area contributed by atoms with Crippen molar-refractivity contribution in [1.82, 2.24) is 0 Å². The van der Waals surface area contributed by atoms with Crippen LogP contribution in [0, 0.1) is 12.8 Å². The molecule has 0 saturated carbocycles. The van der Waals surface area contributed by atoms with Gasteiger partial charge in [-0.3, -0.25) is 14.4 Å². The maximum absolute atomic E-state index is 12.4. The van der Waals surface area contributed by atoms with Crippen LogP contribution in [0.3, 0.4) is 0 Å². The second-order valence-electron chi connectivity index (χ2n) is 7.26. The summed E-state index contributed by atoms with van der Waals surface area (Å²) in [5.74, 6) is -0.599. The van der Waals surface area contributed by atoms with E-state index in [4.69, 9.17) is 14.2 Å². The Hall–Kier alpha value is -3.55. The van der Waals surface area contributed by atoms with Gasteiger partial charge in [0.05, 0.1) is 5.92 Å². The summed E-state index contributed by atoms with van der Waals surface area (Å²) in [6.45, 7) is 2.64. The largest absolute Gasteiger partial charge is 0.486 e. The molecule has 2 amide bonds. The number of hydrogen-bond acceptors (Lipinski definition) is 6. The smallest absolute Gasteiger partial charge is 0.311 e. The summed E-state index contributed by atoms with van der Waals surface area (Å²) >= 11 is 0. The summed E-state index contributed by atoms with van der Waals surface area (Å²) in [6.07, 6.45) is 0.0345. The van der Waals surface area contributed by atoms with Crippen molar-refractivity contribution < 1.29 is 28.6 Å². The van der Waals surface area contributed by atoms with Crippen molar-refractivity contribution in [3.8, 4) is 11.5 Å². The van der Waals surface area contributed by atoms with E-state index in [2.05, 4.69) is 5.32 Å². The average Bonchev–Trinajstić information content (AvgIpc) is 3.13. The molecule has 0 radical (unpaired) electrons. The molecule has 1 N–H and O–H groups in total. The molecule has 8 heteroatoms. The van der Waals surface area contributed by atoms with Gasteiger partial charge in [0.25, 0.3) is 5.91 Å². The lowest BCUT2D eigenvalue weighted by molar-refractivity contribution is -0.151. The number of fused-ring (bicyclic) bond motifs is 1. The van der Waals surface area contributed by atoms with E-state index >= 15 is 0 Å². The van der Waals surface area contributed by atoms with E-state index in [0.717, 1.165) is 5.56 Å². The SMILES string of the molecule is Cc1cccc(NC(=O)COC(=O)[C@@H]2CC(=O)N(c3ccc4c(c3)OCCO4)C2)c1. The molecule has 8 nitrogen and oxygen atoms in total. The molecule has 30 heavy (non-hydrogen) atoms. The normalized spacial score (nSPS) is 17.6. The molecule has 0 unspecified atom stereocenters. The molecule has 156 valence electrons. The van der Waals surface area contributed by atoms with Crippen LogP contribution in [-0.4, -0.2) is 44.1 Å². The fourth-order valence-electron chi connectivity index (χ4n) is 3.49. The first-order valence-corrected chi connectivity index (χ1v) is 9.73. The van der Waals surface area contributed by atoms with E-state index in [1.165, 1.54) is 4.90 Å². The highest BCUT2D eigenvalue weighted by atomic mass is 16.6. The monoisotopic (exact) mass is 410 g/mol.